The lowest BCUT2D eigenvalue weighted by molar-refractivity contribution is 0.669. The summed E-state index contributed by atoms with van der Waals surface area (Å²) in [5, 5.41) is 9.61. The fourth-order valence-corrected chi connectivity index (χ4v) is 7.99. The molecular weight excluding hydrogens is 576 g/mol. The van der Waals surface area contributed by atoms with Crippen molar-refractivity contribution in [2.45, 2.75) is 0 Å². The summed E-state index contributed by atoms with van der Waals surface area (Å²) in [5.41, 5.74) is 9.36. The van der Waals surface area contributed by atoms with Gasteiger partial charge in [-0.25, -0.2) is 0 Å². The van der Waals surface area contributed by atoms with Gasteiger partial charge in [-0.15, -0.1) is 0 Å². The largest absolute Gasteiger partial charge is 0.456 e. The van der Waals surface area contributed by atoms with Crippen LogP contribution in [-0.4, -0.2) is 8.97 Å². The number of fused-ring (bicyclic) bond motifs is 11. The van der Waals surface area contributed by atoms with Gasteiger partial charge in [-0.1, -0.05) is 91.0 Å². The lowest BCUT2D eigenvalue weighted by atomic mass is 10.0. The van der Waals surface area contributed by atoms with Crippen molar-refractivity contribution in [1.29, 1.82) is 0 Å². The molecule has 4 aromatic heterocycles. The molecule has 4 heteroatoms. The van der Waals surface area contributed by atoms with Crippen molar-refractivity contribution in [3.63, 3.8) is 0 Å². The van der Waals surface area contributed by atoms with Crippen LogP contribution in [0.3, 0.4) is 0 Å². The van der Waals surface area contributed by atoms with Crippen molar-refractivity contribution in [2.75, 3.05) is 0 Å². The molecule has 0 atom stereocenters. The number of para-hydroxylation sites is 3. The number of nitrogens with zero attached hydrogens (tertiary/aromatic N) is 2. The van der Waals surface area contributed by atoms with E-state index in [4.69, 9.17) is 4.42 Å². The van der Waals surface area contributed by atoms with Gasteiger partial charge in [0.25, 0.3) is 5.56 Å². The molecule has 0 aliphatic rings. The lowest BCUT2D eigenvalue weighted by Crippen LogP contribution is -2.12. The van der Waals surface area contributed by atoms with Crippen LogP contribution in [0.15, 0.2) is 155 Å². The van der Waals surface area contributed by atoms with Crippen LogP contribution in [0.5, 0.6) is 0 Å². The molecule has 7 aromatic carbocycles. The summed E-state index contributed by atoms with van der Waals surface area (Å²) in [7, 11) is 0. The molecule has 0 N–H and O–H groups in total. The highest BCUT2D eigenvalue weighted by Crippen LogP contribution is 2.40. The topological polar surface area (TPSA) is 39.5 Å². The average molecular weight is 601 g/mol. The van der Waals surface area contributed by atoms with Crippen LogP contribution in [0.1, 0.15) is 0 Å². The van der Waals surface area contributed by atoms with E-state index in [-0.39, 0.29) is 5.56 Å². The molecule has 0 aliphatic carbocycles. The number of hydrogen-bond acceptors (Lipinski definition) is 2. The summed E-state index contributed by atoms with van der Waals surface area (Å²) >= 11 is 0. The van der Waals surface area contributed by atoms with Crippen LogP contribution in [0, 0.1) is 0 Å². The molecule has 0 saturated carbocycles. The van der Waals surface area contributed by atoms with E-state index in [2.05, 4.69) is 120 Å². The van der Waals surface area contributed by atoms with E-state index in [0.717, 1.165) is 87.8 Å². The van der Waals surface area contributed by atoms with Crippen LogP contribution in [0.2, 0.25) is 0 Å². The molecule has 11 aromatic rings. The molecule has 0 radical (unpaired) electrons. The van der Waals surface area contributed by atoms with E-state index >= 15 is 0 Å². The summed E-state index contributed by atoms with van der Waals surface area (Å²) < 4.78 is 10.6. The number of furan rings is 1. The fraction of sp³-hybridized carbons (Fsp3) is 0. The number of hydrogen-bond donors (Lipinski definition) is 0. The molecule has 0 unspecified atom stereocenters. The molecule has 4 nitrogen and oxygen atoms in total. The third-order valence-electron chi connectivity index (χ3n) is 10.0. The van der Waals surface area contributed by atoms with Gasteiger partial charge in [-0.2, -0.15) is 0 Å². The standard InChI is InChI=1S/C43H24N2O2/c46-43-33-14-2-1-11-28(33)31-15-8-16-32-34-22-26(19-20-38(34)45(43)42(31)32)25-9-7-10-27(21-25)44-37-17-5-3-12-29(37)35-24-41-36(23-39(35)44)30-13-4-6-18-40(30)47-41/h1-24H. The second-order valence-corrected chi connectivity index (χ2v) is 12.5. The first-order valence-corrected chi connectivity index (χ1v) is 15.9. The zero-order chi connectivity index (χ0) is 30.8. The highest BCUT2D eigenvalue weighted by molar-refractivity contribution is 6.21. The Bertz CT molecular complexity index is 3160. The van der Waals surface area contributed by atoms with Gasteiger partial charge in [0.2, 0.25) is 0 Å². The third-order valence-corrected chi connectivity index (χ3v) is 10.0. The first-order chi connectivity index (χ1) is 23.2. The van der Waals surface area contributed by atoms with E-state index in [9.17, 15) is 4.79 Å². The average Bonchev–Trinajstić information content (AvgIpc) is 3.77. The fourth-order valence-electron chi connectivity index (χ4n) is 7.99. The summed E-state index contributed by atoms with van der Waals surface area (Å²) in [5.74, 6) is 0. The minimum absolute atomic E-state index is 0.0277. The maximum absolute atomic E-state index is 13.8. The molecule has 0 saturated heterocycles. The summed E-state index contributed by atoms with van der Waals surface area (Å²) in [6.07, 6.45) is 0. The number of aromatic nitrogens is 2. The van der Waals surface area contributed by atoms with Gasteiger partial charge in [0.15, 0.2) is 0 Å². The van der Waals surface area contributed by atoms with Crippen LogP contribution in [0.4, 0.5) is 0 Å². The Balaban J connectivity index is 1.16. The Morgan fingerprint density at radius 3 is 1.98 bits per heavy atom. The molecular formula is C43H24N2O2. The summed E-state index contributed by atoms with van der Waals surface area (Å²) in [4.78, 5) is 13.8. The molecule has 0 aliphatic heterocycles. The first-order valence-electron chi connectivity index (χ1n) is 15.9. The summed E-state index contributed by atoms with van der Waals surface area (Å²) in [6, 6.07) is 50.8. The predicted molar refractivity (Wildman–Crippen MR) is 194 cm³/mol. The molecule has 11 rings (SSSR count). The SMILES string of the molecule is O=c1c2ccccc2c2cccc3c4cc(-c5cccc(-n6c7ccccc7c7cc8oc9ccccc9c8cc76)c5)ccc4n1c23. The normalized spacial score (nSPS) is 12.3. The Kier molecular flexibility index (Phi) is 4.69. The monoisotopic (exact) mass is 600 g/mol. The second kappa shape index (κ2) is 8.87. The van der Waals surface area contributed by atoms with E-state index in [1.54, 1.807) is 0 Å². The van der Waals surface area contributed by atoms with Crippen molar-refractivity contribution < 1.29 is 4.42 Å². The second-order valence-electron chi connectivity index (χ2n) is 12.5. The molecule has 0 fully saturated rings. The highest BCUT2D eigenvalue weighted by Gasteiger charge is 2.19. The highest BCUT2D eigenvalue weighted by atomic mass is 16.3. The Hall–Kier alpha value is -6.39. The van der Waals surface area contributed by atoms with Crippen LogP contribution in [0.25, 0.3) is 98.5 Å². The maximum atomic E-state index is 13.8. The van der Waals surface area contributed by atoms with Crippen molar-refractivity contribution in [1.82, 2.24) is 8.97 Å². The van der Waals surface area contributed by atoms with Crippen molar-refractivity contribution >= 4 is 81.7 Å². The van der Waals surface area contributed by atoms with Crippen molar-refractivity contribution in [2.24, 2.45) is 0 Å². The lowest BCUT2D eigenvalue weighted by Gasteiger charge is -2.11. The summed E-state index contributed by atoms with van der Waals surface area (Å²) in [6.45, 7) is 0. The van der Waals surface area contributed by atoms with E-state index in [1.165, 1.54) is 10.8 Å². The van der Waals surface area contributed by atoms with Crippen LogP contribution >= 0.6 is 0 Å². The number of rotatable bonds is 2. The molecule has 0 amide bonds. The molecule has 0 spiro atoms. The van der Waals surface area contributed by atoms with Crippen LogP contribution < -0.4 is 5.56 Å². The zero-order valence-corrected chi connectivity index (χ0v) is 25.1. The maximum Gasteiger partial charge on any atom is 0.263 e. The molecule has 47 heavy (non-hydrogen) atoms. The first kappa shape index (κ1) is 24.9. The zero-order valence-electron chi connectivity index (χ0n) is 25.1. The number of benzene rings is 7. The molecule has 0 bridgehead atoms. The Morgan fingerprint density at radius 1 is 0.404 bits per heavy atom. The van der Waals surface area contributed by atoms with Gasteiger partial charge >= 0.3 is 0 Å². The molecule has 4 heterocycles. The number of pyridine rings is 1. The van der Waals surface area contributed by atoms with Gasteiger partial charge in [0.05, 0.1) is 22.1 Å². The van der Waals surface area contributed by atoms with E-state index in [0.29, 0.717) is 0 Å². The van der Waals surface area contributed by atoms with Crippen molar-refractivity contribution in [3.8, 4) is 16.8 Å². The van der Waals surface area contributed by atoms with Crippen molar-refractivity contribution in [3.05, 3.63) is 156 Å². The van der Waals surface area contributed by atoms with Gasteiger partial charge in [0, 0.05) is 48.8 Å². The molecule has 218 valence electrons. The van der Waals surface area contributed by atoms with Gasteiger partial charge in [-0.3, -0.25) is 9.20 Å². The quantitative estimate of drug-likeness (QED) is 0.185. The van der Waals surface area contributed by atoms with Crippen LogP contribution in [-0.2, 0) is 0 Å². The van der Waals surface area contributed by atoms with Gasteiger partial charge in [0.1, 0.15) is 11.2 Å². The predicted octanol–water partition coefficient (Wildman–Crippen LogP) is 10.9. The smallest absolute Gasteiger partial charge is 0.263 e. The van der Waals surface area contributed by atoms with Gasteiger partial charge < -0.3 is 8.98 Å². The van der Waals surface area contributed by atoms with E-state index < -0.39 is 0 Å². The van der Waals surface area contributed by atoms with Gasteiger partial charge in [-0.05, 0) is 71.1 Å². The Labute approximate surface area is 267 Å². The Morgan fingerprint density at radius 2 is 1.09 bits per heavy atom. The van der Waals surface area contributed by atoms with E-state index in [1.807, 2.05) is 34.7 Å². The third kappa shape index (κ3) is 3.23. The minimum atomic E-state index is 0.0277. The minimum Gasteiger partial charge on any atom is -0.456 e.